The summed E-state index contributed by atoms with van der Waals surface area (Å²) >= 11 is 0. The Balaban J connectivity index is 1.84. The van der Waals surface area contributed by atoms with Crippen molar-refractivity contribution in [2.75, 3.05) is 40.3 Å². The number of hydrogen-bond acceptors (Lipinski definition) is 3. The average molecular weight is 460 g/mol. The molecule has 1 aliphatic heterocycles. The molecule has 2 aromatic rings. The number of amides is 1. The highest BCUT2D eigenvalue weighted by Crippen LogP contribution is 2.32. The fourth-order valence-electron chi connectivity index (χ4n) is 4.08. The molecule has 0 atom stereocenters. The van der Waals surface area contributed by atoms with Crippen molar-refractivity contribution in [1.29, 1.82) is 0 Å². The number of halogens is 3. The molecule has 1 heterocycles. The molecule has 0 unspecified atom stereocenters. The van der Waals surface area contributed by atoms with Crippen molar-refractivity contribution in [2.45, 2.75) is 32.6 Å². The lowest BCUT2D eigenvalue weighted by atomic mass is 9.94. The van der Waals surface area contributed by atoms with Gasteiger partial charge in [-0.25, -0.2) is 0 Å². The van der Waals surface area contributed by atoms with Gasteiger partial charge in [-0.15, -0.1) is 0 Å². The molecule has 7 heteroatoms. The van der Waals surface area contributed by atoms with Crippen molar-refractivity contribution < 1.29 is 18.0 Å². The molecule has 2 aromatic carbocycles. The van der Waals surface area contributed by atoms with Crippen molar-refractivity contribution in [3.05, 3.63) is 76.4 Å². The van der Waals surface area contributed by atoms with Gasteiger partial charge in [-0.05, 0) is 61.5 Å². The third-order valence-electron chi connectivity index (χ3n) is 6.05. The maximum Gasteiger partial charge on any atom is 0.416 e. The zero-order valence-electron chi connectivity index (χ0n) is 19.5. The van der Waals surface area contributed by atoms with E-state index < -0.39 is 11.7 Å². The second-order valence-electron chi connectivity index (χ2n) is 8.65. The predicted molar refractivity (Wildman–Crippen MR) is 126 cm³/mol. The van der Waals surface area contributed by atoms with Crippen LogP contribution in [-0.4, -0.2) is 60.9 Å². The Morgan fingerprint density at radius 1 is 1.09 bits per heavy atom. The number of alkyl halides is 3. The van der Waals surface area contributed by atoms with Crippen LogP contribution in [0.2, 0.25) is 0 Å². The third-order valence-corrected chi connectivity index (χ3v) is 6.05. The number of carbonyl (C=O) groups excluding carboxylic acids is 1. The summed E-state index contributed by atoms with van der Waals surface area (Å²) in [6.07, 6.45) is -0.191. The zero-order chi connectivity index (χ0) is 24.0. The number of rotatable bonds is 8. The van der Waals surface area contributed by atoms with E-state index in [1.54, 1.807) is 12.1 Å². The van der Waals surface area contributed by atoms with Gasteiger partial charge < -0.3 is 9.80 Å². The zero-order valence-corrected chi connectivity index (χ0v) is 19.5. The Kier molecular flexibility index (Phi) is 8.32. The van der Waals surface area contributed by atoms with Crippen LogP contribution in [0.4, 0.5) is 13.2 Å². The Bertz CT molecular complexity index is 985. The van der Waals surface area contributed by atoms with E-state index in [1.807, 2.05) is 31.1 Å². The molecule has 0 aliphatic carbocycles. The van der Waals surface area contributed by atoms with Crippen LogP contribution >= 0.6 is 0 Å². The first kappa shape index (κ1) is 25.0. The number of benzene rings is 2. The van der Waals surface area contributed by atoms with Gasteiger partial charge in [0.1, 0.15) is 0 Å². The molecule has 3 rings (SSSR count). The van der Waals surface area contributed by atoms with E-state index in [0.717, 1.165) is 37.7 Å². The largest absolute Gasteiger partial charge is 0.416 e. The fraction of sp³-hybridized carbons (Fsp3) is 0.423. The first-order chi connectivity index (χ1) is 15.7. The van der Waals surface area contributed by atoms with Gasteiger partial charge in [0.2, 0.25) is 5.91 Å². The summed E-state index contributed by atoms with van der Waals surface area (Å²) in [4.78, 5) is 18.9. The van der Waals surface area contributed by atoms with Gasteiger partial charge in [-0.1, -0.05) is 43.3 Å². The van der Waals surface area contributed by atoms with E-state index in [0.29, 0.717) is 13.1 Å². The van der Waals surface area contributed by atoms with Gasteiger partial charge in [0, 0.05) is 38.8 Å². The molecule has 0 radical (unpaired) electrons. The highest BCUT2D eigenvalue weighted by Gasteiger charge is 2.33. The van der Waals surface area contributed by atoms with Crippen LogP contribution in [0.3, 0.4) is 0 Å². The lowest BCUT2D eigenvalue weighted by molar-refractivity contribution is -0.139. The minimum Gasteiger partial charge on any atom is -0.334 e. The van der Waals surface area contributed by atoms with Crippen molar-refractivity contribution in [2.24, 2.45) is 0 Å². The van der Waals surface area contributed by atoms with Gasteiger partial charge in [-0.3, -0.25) is 9.69 Å². The minimum atomic E-state index is -4.46. The van der Waals surface area contributed by atoms with Crippen molar-refractivity contribution >= 4 is 12.0 Å². The van der Waals surface area contributed by atoms with Crippen molar-refractivity contribution in [3.8, 4) is 0 Å². The van der Waals surface area contributed by atoms with Crippen molar-refractivity contribution in [1.82, 2.24) is 14.7 Å². The molecular weight excluding hydrogens is 427 g/mol. The van der Waals surface area contributed by atoms with E-state index in [9.17, 15) is 18.0 Å². The summed E-state index contributed by atoms with van der Waals surface area (Å²) in [6, 6.07) is 11.6. The molecular formula is C26H32F3N3O. The Hall–Kier alpha value is -2.64. The molecule has 0 fully saturated rings. The first-order valence-electron chi connectivity index (χ1n) is 11.3. The van der Waals surface area contributed by atoms with E-state index >= 15 is 0 Å². The maximum absolute atomic E-state index is 13.5. The topological polar surface area (TPSA) is 26.8 Å². The Morgan fingerprint density at radius 3 is 2.55 bits per heavy atom. The molecule has 178 valence electrons. The van der Waals surface area contributed by atoms with Gasteiger partial charge in [0.05, 0.1) is 5.56 Å². The summed E-state index contributed by atoms with van der Waals surface area (Å²) in [5.74, 6) is -0.297. The molecule has 1 aliphatic rings. The summed E-state index contributed by atoms with van der Waals surface area (Å²) in [5, 5.41) is 0. The van der Waals surface area contributed by atoms with Gasteiger partial charge in [0.15, 0.2) is 0 Å². The smallest absolute Gasteiger partial charge is 0.334 e. The molecule has 33 heavy (non-hydrogen) atoms. The molecule has 4 nitrogen and oxygen atoms in total. The van der Waals surface area contributed by atoms with E-state index in [2.05, 4.69) is 17.9 Å². The monoisotopic (exact) mass is 459 g/mol. The summed E-state index contributed by atoms with van der Waals surface area (Å²) in [5.41, 5.74) is 2.90. The second kappa shape index (κ2) is 11.0. The van der Waals surface area contributed by atoms with Gasteiger partial charge >= 0.3 is 6.18 Å². The molecule has 0 saturated heterocycles. The van der Waals surface area contributed by atoms with Crippen molar-refractivity contribution in [3.63, 3.8) is 0 Å². The van der Waals surface area contributed by atoms with E-state index in [1.165, 1.54) is 34.2 Å². The molecule has 1 amide bonds. The van der Waals surface area contributed by atoms with Crippen LogP contribution in [0, 0.1) is 0 Å². The Labute approximate surface area is 194 Å². The quantitative estimate of drug-likeness (QED) is 0.536. The van der Waals surface area contributed by atoms with Crippen LogP contribution in [0.1, 0.15) is 34.7 Å². The summed E-state index contributed by atoms with van der Waals surface area (Å²) in [7, 11) is 3.75. The average Bonchev–Trinajstić information content (AvgIpc) is 2.79. The summed E-state index contributed by atoms with van der Waals surface area (Å²) in [6.45, 7) is 5.75. The van der Waals surface area contributed by atoms with Crippen LogP contribution in [-0.2, 0) is 30.5 Å². The highest BCUT2D eigenvalue weighted by molar-refractivity contribution is 5.92. The van der Waals surface area contributed by atoms with Crippen LogP contribution in [0.5, 0.6) is 0 Å². The van der Waals surface area contributed by atoms with Crippen LogP contribution < -0.4 is 0 Å². The SMILES string of the molecule is CCN1CCc2cccc(C=CC(=O)N(CCN(C)C)Cc3ccccc3C(F)(F)F)c2C1. The standard InChI is InChI=1S/C26H32F3N3O/c1-4-31-15-14-21-10-7-9-20(23(21)19-31)12-13-25(33)32(17-16-30(2)3)18-22-8-5-6-11-24(22)26(27,28)29/h5-13H,4,14-19H2,1-3H3. The number of hydrogen-bond donors (Lipinski definition) is 0. The van der Waals surface area contributed by atoms with E-state index in [-0.39, 0.29) is 18.0 Å². The predicted octanol–water partition coefficient (Wildman–Crippen LogP) is 4.69. The number of carbonyl (C=O) groups is 1. The fourth-order valence-corrected chi connectivity index (χ4v) is 4.08. The van der Waals surface area contributed by atoms with Gasteiger partial charge in [0.25, 0.3) is 0 Å². The molecule has 0 saturated carbocycles. The first-order valence-corrected chi connectivity index (χ1v) is 11.3. The minimum absolute atomic E-state index is 0.0940. The normalized spacial score (nSPS) is 14.6. The van der Waals surface area contributed by atoms with Crippen LogP contribution in [0.15, 0.2) is 48.5 Å². The Morgan fingerprint density at radius 2 is 1.85 bits per heavy atom. The second-order valence-corrected chi connectivity index (χ2v) is 8.65. The summed E-state index contributed by atoms with van der Waals surface area (Å²) < 4.78 is 40.4. The van der Waals surface area contributed by atoms with E-state index in [4.69, 9.17) is 0 Å². The number of nitrogens with zero attached hydrogens (tertiary/aromatic N) is 3. The molecule has 0 N–H and O–H groups in total. The van der Waals surface area contributed by atoms with Crippen LogP contribution in [0.25, 0.3) is 6.08 Å². The lowest BCUT2D eigenvalue weighted by Gasteiger charge is -2.28. The lowest BCUT2D eigenvalue weighted by Crippen LogP contribution is -2.35. The number of fused-ring (bicyclic) bond motifs is 1. The maximum atomic E-state index is 13.5. The van der Waals surface area contributed by atoms with Gasteiger partial charge in [-0.2, -0.15) is 13.2 Å². The molecule has 0 bridgehead atoms. The molecule has 0 spiro atoms. The highest BCUT2D eigenvalue weighted by atomic mass is 19.4. The third kappa shape index (κ3) is 6.68. The molecule has 0 aromatic heterocycles. The number of likely N-dealkylation sites (N-methyl/N-ethyl adjacent to an activating group) is 2.